The Morgan fingerprint density at radius 2 is 2.00 bits per heavy atom. The van der Waals surface area contributed by atoms with E-state index in [4.69, 9.17) is 11.6 Å². The molecule has 1 aromatic rings. The predicted molar refractivity (Wildman–Crippen MR) is 47.9 cm³/mol. The van der Waals surface area contributed by atoms with Crippen molar-refractivity contribution in [3.05, 3.63) is 22.0 Å². The number of rotatable bonds is 1. The summed E-state index contributed by atoms with van der Waals surface area (Å²) in [5.41, 5.74) is 1.66. The second kappa shape index (κ2) is 3.70. The second-order valence-corrected chi connectivity index (χ2v) is 2.93. The Morgan fingerprint density at radius 3 is 2.54 bits per heavy atom. The van der Waals surface area contributed by atoms with E-state index in [0.717, 1.165) is 0 Å². The summed E-state index contributed by atoms with van der Waals surface area (Å²) in [7, 11) is 1.30. The molecule has 5 heteroatoms. The molecule has 70 valence electrons. The van der Waals surface area contributed by atoms with Crippen LogP contribution < -0.4 is 0 Å². The highest BCUT2D eigenvalue weighted by molar-refractivity contribution is 6.32. The molecule has 13 heavy (non-hydrogen) atoms. The molecular weight excluding hydrogens is 192 g/mol. The average molecular weight is 201 g/mol. The molecule has 0 bridgehead atoms. The fraction of sp³-hybridized carbons (Fsp3) is 0.375. The number of methoxy groups -OCH3 is 1. The molecule has 0 amide bonds. The number of aromatic nitrogens is 2. The second-order valence-electron chi connectivity index (χ2n) is 2.57. The van der Waals surface area contributed by atoms with Crippen LogP contribution in [0.4, 0.5) is 0 Å². The van der Waals surface area contributed by atoms with Crippen molar-refractivity contribution in [3.63, 3.8) is 0 Å². The Balaban J connectivity index is 3.33. The monoisotopic (exact) mass is 200 g/mol. The molecule has 0 aliphatic carbocycles. The van der Waals surface area contributed by atoms with E-state index in [1.807, 2.05) is 0 Å². The topological polar surface area (TPSA) is 52.1 Å². The molecule has 0 atom stereocenters. The molecule has 0 spiro atoms. The van der Waals surface area contributed by atoms with Crippen molar-refractivity contribution in [1.29, 1.82) is 0 Å². The van der Waals surface area contributed by atoms with Crippen LogP contribution in [-0.4, -0.2) is 23.3 Å². The van der Waals surface area contributed by atoms with Crippen LogP contribution in [0.15, 0.2) is 0 Å². The molecule has 0 aliphatic rings. The van der Waals surface area contributed by atoms with Crippen molar-refractivity contribution in [2.75, 3.05) is 7.11 Å². The molecule has 4 nitrogen and oxygen atoms in total. The van der Waals surface area contributed by atoms with Crippen LogP contribution in [-0.2, 0) is 4.74 Å². The lowest BCUT2D eigenvalue weighted by molar-refractivity contribution is 0.0599. The van der Waals surface area contributed by atoms with Crippen LogP contribution in [0.2, 0.25) is 5.15 Å². The number of hydrogen-bond donors (Lipinski definition) is 0. The largest absolute Gasteiger partial charge is 0.465 e. The van der Waals surface area contributed by atoms with Gasteiger partial charge in [0.1, 0.15) is 5.56 Å². The van der Waals surface area contributed by atoms with E-state index < -0.39 is 5.97 Å². The molecule has 1 heterocycles. The summed E-state index contributed by atoms with van der Waals surface area (Å²) in [6.07, 6.45) is 0. The van der Waals surface area contributed by atoms with Crippen molar-refractivity contribution in [1.82, 2.24) is 10.2 Å². The van der Waals surface area contributed by atoms with Gasteiger partial charge in [0.15, 0.2) is 5.15 Å². The summed E-state index contributed by atoms with van der Waals surface area (Å²) in [4.78, 5) is 11.2. The summed E-state index contributed by atoms with van der Waals surface area (Å²) in [6, 6.07) is 0. The standard InChI is InChI=1S/C8H9ClN2O2/c1-4-5(2)10-11-7(9)6(4)8(12)13-3/h1-3H3. The van der Waals surface area contributed by atoms with Gasteiger partial charge in [-0.2, -0.15) is 5.10 Å². The van der Waals surface area contributed by atoms with Crippen molar-refractivity contribution < 1.29 is 9.53 Å². The number of hydrogen-bond acceptors (Lipinski definition) is 4. The number of carbonyl (C=O) groups is 1. The summed E-state index contributed by atoms with van der Waals surface area (Å²) >= 11 is 5.70. The maximum atomic E-state index is 11.2. The van der Waals surface area contributed by atoms with Gasteiger partial charge in [-0.15, -0.1) is 5.10 Å². The van der Waals surface area contributed by atoms with Crippen LogP contribution in [0, 0.1) is 13.8 Å². The number of halogens is 1. The van der Waals surface area contributed by atoms with Gasteiger partial charge in [-0.25, -0.2) is 4.79 Å². The van der Waals surface area contributed by atoms with Crippen LogP contribution in [0.25, 0.3) is 0 Å². The zero-order chi connectivity index (χ0) is 10.0. The third-order valence-corrected chi connectivity index (χ3v) is 2.07. The first-order valence-electron chi connectivity index (χ1n) is 3.65. The minimum Gasteiger partial charge on any atom is -0.465 e. The van der Waals surface area contributed by atoms with Gasteiger partial charge in [-0.1, -0.05) is 11.6 Å². The van der Waals surface area contributed by atoms with Gasteiger partial charge in [0.05, 0.1) is 12.8 Å². The Bertz CT molecular complexity index is 352. The maximum Gasteiger partial charge on any atom is 0.341 e. The number of esters is 1. The van der Waals surface area contributed by atoms with E-state index in [-0.39, 0.29) is 10.7 Å². The average Bonchev–Trinajstić information content (AvgIpc) is 2.12. The van der Waals surface area contributed by atoms with Crippen LogP contribution in [0.1, 0.15) is 21.6 Å². The highest BCUT2D eigenvalue weighted by Crippen LogP contribution is 2.18. The first-order valence-corrected chi connectivity index (χ1v) is 4.03. The van der Waals surface area contributed by atoms with E-state index in [2.05, 4.69) is 14.9 Å². The van der Waals surface area contributed by atoms with Crippen molar-refractivity contribution >= 4 is 17.6 Å². The highest BCUT2D eigenvalue weighted by atomic mass is 35.5. The summed E-state index contributed by atoms with van der Waals surface area (Å²) < 4.78 is 4.56. The minimum atomic E-state index is -0.486. The van der Waals surface area contributed by atoms with Crippen molar-refractivity contribution in [3.8, 4) is 0 Å². The van der Waals surface area contributed by atoms with Crippen molar-refractivity contribution in [2.24, 2.45) is 0 Å². The quantitative estimate of drug-likeness (QED) is 0.646. The molecule has 0 aromatic carbocycles. The number of nitrogens with zero attached hydrogens (tertiary/aromatic N) is 2. The normalized spacial score (nSPS) is 9.85. The summed E-state index contributed by atoms with van der Waals surface area (Å²) in [5, 5.41) is 7.47. The highest BCUT2D eigenvalue weighted by Gasteiger charge is 2.17. The number of carbonyl (C=O) groups excluding carboxylic acids is 1. The molecule has 0 radical (unpaired) electrons. The molecule has 0 saturated carbocycles. The minimum absolute atomic E-state index is 0.0787. The molecule has 0 saturated heterocycles. The molecule has 0 aliphatic heterocycles. The summed E-state index contributed by atoms with van der Waals surface area (Å²) in [5.74, 6) is -0.486. The number of ether oxygens (including phenoxy) is 1. The Labute approximate surface area is 80.9 Å². The summed E-state index contributed by atoms with van der Waals surface area (Å²) in [6.45, 7) is 3.51. The molecule has 0 unspecified atom stereocenters. The van der Waals surface area contributed by atoms with Crippen LogP contribution in [0.5, 0.6) is 0 Å². The fourth-order valence-electron chi connectivity index (χ4n) is 0.919. The lowest BCUT2D eigenvalue weighted by atomic mass is 10.1. The molecule has 0 fully saturated rings. The molecule has 1 rings (SSSR count). The van der Waals surface area contributed by atoms with Crippen LogP contribution in [0.3, 0.4) is 0 Å². The molecular formula is C8H9ClN2O2. The van der Waals surface area contributed by atoms with E-state index in [1.54, 1.807) is 13.8 Å². The van der Waals surface area contributed by atoms with Gasteiger partial charge >= 0.3 is 5.97 Å². The van der Waals surface area contributed by atoms with E-state index in [9.17, 15) is 4.79 Å². The Hall–Kier alpha value is -1.16. The Kier molecular flexibility index (Phi) is 2.83. The van der Waals surface area contributed by atoms with Crippen LogP contribution >= 0.6 is 11.6 Å². The zero-order valence-electron chi connectivity index (χ0n) is 7.59. The first kappa shape index (κ1) is 9.92. The maximum absolute atomic E-state index is 11.2. The first-order chi connectivity index (χ1) is 6.07. The third-order valence-electron chi connectivity index (χ3n) is 1.80. The lowest BCUT2D eigenvalue weighted by Crippen LogP contribution is -2.08. The fourth-order valence-corrected chi connectivity index (χ4v) is 1.18. The molecule has 0 N–H and O–H groups in total. The van der Waals surface area contributed by atoms with E-state index in [0.29, 0.717) is 11.3 Å². The van der Waals surface area contributed by atoms with Gasteiger partial charge in [-0.05, 0) is 19.4 Å². The van der Waals surface area contributed by atoms with Gasteiger partial charge in [0, 0.05) is 0 Å². The van der Waals surface area contributed by atoms with Crippen molar-refractivity contribution in [2.45, 2.75) is 13.8 Å². The molecule has 1 aromatic heterocycles. The SMILES string of the molecule is COC(=O)c1c(Cl)nnc(C)c1C. The van der Waals surface area contributed by atoms with E-state index >= 15 is 0 Å². The predicted octanol–water partition coefficient (Wildman–Crippen LogP) is 1.53. The smallest absolute Gasteiger partial charge is 0.341 e. The zero-order valence-corrected chi connectivity index (χ0v) is 8.34. The number of aryl methyl sites for hydroxylation is 1. The van der Waals surface area contributed by atoms with Gasteiger partial charge in [0.2, 0.25) is 0 Å². The van der Waals surface area contributed by atoms with Gasteiger partial charge < -0.3 is 4.74 Å². The Morgan fingerprint density at radius 1 is 1.38 bits per heavy atom. The van der Waals surface area contributed by atoms with Gasteiger partial charge in [0.25, 0.3) is 0 Å². The lowest BCUT2D eigenvalue weighted by Gasteiger charge is -2.05. The van der Waals surface area contributed by atoms with E-state index in [1.165, 1.54) is 7.11 Å². The third kappa shape index (κ3) is 1.78. The van der Waals surface area contributed by atoms with Gasteiger partial charge in [-0.3, -0.25) is 0 Å².